The average molecular weight is 282 g/mol. The number of nitrogens with one attached hydrogen (secondary N) is 1. The summed E-state index contributed by atoms with van der Waals surface area (Å²) in [5.74, 6) is 1.62. The predicted molar refractivity (Wildman–Crippen MR) is 66.3 cm³/mol. The van der Waals surface area contributed by atoms with Crippen LogP contribution in [0.15, 0.2) is 22.7 Å². The molecule has 0 aromatic heterocycles. The van der Waals surface area contributed by atoms with E-state index in [1.807, 2.05) is 0 Å². The zero-order valence-electron chi connectivity index (χ0n) is 8.66. The number of rotatable bonds is 5. The van der Waals surface area contributed by atoms with E-state index in [1.54, 1.807) is 18.2 Å². The van der Waals surface area contributed by atoms with Crippen LogP contribution in [0.3, 0.4) is 0 Å². The number of hydrogen-bond acceptors (Lipinski definition) is 2. The lowest BCUT2D eigenvalue weighted by Crippen LogP contribution is -2.14. The highest BCUT2D eigenvalue weighted by molar-refractivity contribution is 9.10. The molecular weight excluding hydrogens is 270 g/mol. The Hall–Kier alpha value is -1.31. The first-order valence-electron chi connectivity index (χ1n) is 4.81. The summed E-state index contributed by atoms with van der Waals surface area (Å²) < 4.78 is 0.792. The summed E-state index contributed by atoms with van der Waals surface area (Å²) in [6, 6.07) is 4.97. The molecule has 0 aliphatic heterocycles. The third-order valence-corrected chi connectivity index (χ3v) is 2.80. The molecule has 3 nitrogen and oxygen atoms in total. The minimum absolute atomic E-state index is 0.277. The van der Waals surface area contributed by atoms with Crippen molar-refractivity contribution in [2.24, 2.45) is 0 Å². The maximum absolute atomic E-state index is 10.7. The van der Waals surface area contributed by atoms with Crippen molar-refractivity contribution < 1.29 is 9.90 Å². The van der Waals surface area contributed by atoms with E-state index < -0.39 is 5.97 Å². The molecular formula is C12H12BrNO2. The highest BCUT2D eigenvalue weighted by Gasteiger charge is 2.05. The summed E-state index contributed by atoms with van der Waals surface area (Å²) in [5, 5.41) is 12.0. The molecule has 0 saturated heterocycles. The number of carbonyl (C=O) groups is 1. The van der Waals surface area contributed by atoms with Crippen molar-refractivity contribution in [3.8, 4) is 12.3 Å². The summed E-state index contributed by atoms with van der Waals surface area (Å²) in [7, 11) is 0. The molecule has 0 bridgehead atoms. The number of carboxylic acids is 1. The Balaban J connectivity index is 2.62. The van der Waals surface area contributed by atoms with Crippen molar-refractivity contribution in [3.63, 3.8) is 0 Å². The van der Waals surface area contributed by atoms with Crippen molar-refractivity contribution in [2.75, 3.05) is 6.54 Å². The number of aromatic carboxylic acids is 1. The van der Waals surface area contributed by atoms with E-state index in [0.29, 0.717) is 13.0 Å². The van der Waals surface area contributed by atoms with Gasteiger partial charge in [0.2, 0.25) is 0 Å². The maximum atomic E-state index is 10.7. The topological polar surface area (TPSA) is 49.3 Å². The second-order valence-corrected chi connectivity index (χ2v) is 4.10. The van der Waals surface area contributed by atoms with Gasteiger partial charge in [0.05, 0.1) is 5.56 Å². The van der Waals surface area contributed by atoms with E-state index in [-0.39, 0.29) is 5.56 Å². The normalized spacial score (nSPS) is 9.75. The minimum Gasteiger partial charge on any atom is -0.478 e. The maximum Gasteiger partial charge on any atom is 0.335 e. The number of carboxylic acid groups (broad SMARTS) is 1. The molecule has 0 spiro atoms. The van der Waals surface area contributed by atoms with Crippen molar-refractivity contribution in [2.45, 2.75) is 13.0 Å². The quantitative estimate of drug-likeness (QED) is 0.643. The van der Waals surface area contributed by atoms with Crippen molar-refractivity contribution in [1.29, 1.82) is 0 Å². The molecule has 0 aliphatic rings. The van der Waals surface area contributed by atoms with Gasteiger partial charge in [0, 0.05) is 24.0 Å². The van der Waals surface area contributed by atoms with Crippen LogP contribution >= 0.6 is 15.9 Å². The number of terminal acetylenes is 1. The molecule has 84 valence electrons. The standard InChI is InChI=1S/C12H12BrNO2/c1-2-3-6-14-8-10-5-4-9(12(15)16)7-11(10)13/h1,4-5,7,14H,3,6,8H2,(H,15,16). The number of benzene rings is 1. The second kappa shape index (κ2) is 6.31. The SMILES string of the molecule is C#CCCNCc1ccc(C(=O)O)cc1Br. The van der Waals surface area contributed by atoms with Crippen LogP contribution < -0.4 is 5.32 Å². The minimum atomic E-state index is -0.924. The van der Waals surface area contributed by atoms with Gasteiger partial charge < -0.3 is 10.4 Å². The van der Waals surface area contributed by atoms with Crippen molar-refractivity contribution >= 4 is 21.9 Å². The molecule has 1 aromatic carbocycles. The third kappa shape index (κ3) is 3.69. The van der Waals surface area contributed by atoms with Gasteiger partial charge in [-0.25, -0.2) is 4.79 Å². The summed E-state index contributed by atoms with van der Waals surface area (Å²) in [5.41, 5.74) is 1.29. The summed E-state index contributed by atoms with van der Waals surface area (Å²) in [6.45, 7) is 1.42. The van der Waals surface area contributed by atoms with E-state index >= 15 is 0 Å². The Bertz CT molecular complexity index is 424. The molecule has 0 amide bonds. The predicted octanol–water partition coefficient (Wildman–Crippen LogP) is 2.26. The Morgan fingerprint density at radius 1 is 1.56 bits per heavy atom. The Morgan fingerprint density at radius 3 is 2.88 bits per heavy atom. The molecule has 1 aromatic rings. The van der Waals surface area contributed by atoms with Gasteiger partial charge >= 0.3 is 5.97 Å². The van der Waals surface area contributed by atoms with E-state index in [4.69, 9.17) is 11.5 Å². The van der Waals surface area contributed by atoms with Gasteiger partial charge in [-0.3, -0.25) is 0 Å². The van der Waals surface area contributed by atoms with Crippen LogP contribution in [0.2, 0.25) is 0 Å². The van der Waals surface area contributed by atoms with E-state index in [1.165, 1.54) is 0 Å². The van der Waals surface area contributed by atoms with Gasteiger partial charge in [-0.15, -0.1) is 12.3 Å². The van der Waals surface area contributed by atoms with E-state index in [0.717, 1.165) is 16.6 Å². The van der Waals surface area contributed by atoms with Gasteiger partial charge in [0.25, 0.3) is 0 Å². The Kier molecular flexibility index (Phi) is 5.03. The summed E-state index contributed by atoms with van der Waals surface area (Å²) in [4.78, 5) is 10.7. The first-order valence-corrected chi connectivity index (χ1v) is 5.60. The van der Waals surface area contributed by atoms with Crippen LogP contribution in [0, 0.1) is 12.3 Å². The van der Waals surface area contributed by atoms with Crippen LogP contribution in [0.4, 0.5) is 0 Å². The van der Waals surface area contributed by atoms with E-state index in [2.05, 4.69) is 27.2 Å². The van der Waals surface area contributed by atoms with Gasteiger partial charge in [0.1, 0.15) is 0 Å². The lowest BCUT2D eigenvalue weighted by molar-refractivity contribution is 0.0697. The molecule has 0 fully saturated rings. The molecule has 0 unspecified atom stereocenters. The fourth-order valence-electron chi connectivity index (χ4n) is 1.21. The second-order valence-electron chi connectivity index (χ2n) is 3.24. The van der Waals surface area contributed by atoms with Crippen LogP contribution in [-0.2, 0) is 6.54 Å². The Morgan fingerprint density at radius 2 is 2.31 bits per heavy atom. The molecule has 0 atom stereocenters. The zero-order valence-corrected chi connectivity index (χ0v) is 10.3. The van der Waals surface area contributed by atoms with Gasteiger partial charge in [-0.2, -0.15) is 0 Å². The van der Waals surface area contributed by atoms with E-state index in [9.17, 15) is 4.79 Å². The third-order valence-electron chi connectivity index (χ3n) is 2.06. The monoisotopic (exact) mass is 281 g/mol. The van der Waals surface area contributed by atoms with Crippen molar-refractivity contribution in [3.05, 3.63) is 33.8 Å². The Labute approximate surface area is 103 Å². The highest BCUT2D eigenvalue weighted by Crippen LogP contribution is 2.18. The van der Waals surface area contributed by atoms with Crippen LogP contribution in [0.25, 0.3) is 0 Å². The highest BCUT2D eigenvalue weighted by atomic mass is 79.9. The first-order chi connectivity index (χ1) is 7.65. The molecule has 4 heteroatoms. The first kappa shape index (κ1) is 12.8. The zero-order chi connectivity index (χ0) is 12.0. The average Bonchev–Trinajstić information content (AvgIpc) is 2.26. The summed E-state index contributed by atoms with van der Waals surface area (Å²) >= 11 is 3.34. The molecule has 16 heavy (non-hydrogen) atoms. The molecule has 0 radical (unpaired) electrons. The lowest BCUT2D eigenvalue weighted by atomic mass is 10.1. The van der Waals surface area contributed by atoms with Crippen LogP contribution in [0.1, 0.15) is 22.3 Å². The van der Waals surface area contributed by atoms with Gasteiger partial charge in [-0.1, -0.05) is 22.0 Å². The molecule has 0 heterocycles. The fourth-order valence-corrected chi connectivity index (χ4v) is 1.73. The van der Waals surface area contributed by atoms with Crippen LogP contribution in [-0.4, -0.2) is 17.6 Å². The smallest absolute Gasteiger partial charge is 0.335 e. The largest absolute Gasteiger partial charge is 0.478 e. The van der Waals surface area contributed by atoms with Gasteiger partial charge in [0.15, 0.2) is 0 Å². The molecule has 1 rings (SSSR count). The molecule has 0 saturated carbocycles. The molecule has 0 aliphatic carbocycles. The fraction of sp³-hybridized carbons (Fsp3) is 0.250. The lowest BCUT2D eigenvalue weighted by Gasteiger charge is -2.06. The van der Waals surface area contributed by atoms with Crippen LogP contribution in [0.5, 0.6) is 0 Å². The number of halogens is 1. The van der Waals surface area contributed by atoms with Crippen molar-refractivity contribution in [1.82, 2.24) is 5.32 Å². The number of hydrogen-bond donors (Lipinski definition) is 2. The summed E-state index contributed by atoms with van der Waals surface area (Å²) in [6.07, 6.45) is 5.81. The van der Waals surface area contributed by atoms with Gasteiger partial charge in [-0.05, 0) is 17.7 Å². The molecule has 2 N–H and O–H groups in total.